The molecule has 1 unspecified atom stereocenters. The molecule has 1 atom stereocenters. The molecule has 0 aliphatic carbocycles. The van der Waals surface area contributed by atoms with Crippen molar-refractivity contribution in [2.45, 2.75) is 46.1 Å². The van der Waals surface area contributed by atoms with E-state index in [1.807, 2.05) is 24.0 Å². The van der Waals surface area contributed by atoms with Crippen LogP contribution < -0.4 is 0 Å². The summed E-state index contributed by atoms with van der Waals surface area (Å²) in [5.41, 5.74) is 2.02. The van der Waals surface area contributed by atoms with Crippen LogP contribution in [0.2, 0.25) is 0 Å². The van der Waals surface area contributed by atoms with E-state index in [1.165, 1.54) is 5.56 Å². The number of nitrogens with zero attached hydrogens (tertiary/aromatic N) is 4. The monoisotopic (exact) mass is 356 g/mol. The SMILES string of the molecule is CCc1nnc(C(C)N2CCN(C(=O)c3ccc(C(C)C)cc3)CC2)o1. The largest absolute Gasteiger partial charge is 0.424 e. The summed E-state index contributed by atoms with van der Waals surface area (Å²) < 4.78 is 5.68. The van der Waals surface area contributed by atoms with Gasteiger partial charge in [-0.2, -0.15) is 0 Å². The maximum absolute atomic E-state index is 12.7. The molecule has 0 N–H and O–H groups in total. The van der Waals surface area contributed by atoms with Gasteiger partial charge in [0.15, 0.2) is 0 Å². The smallest absolute Gasteiger partial charge is 0.253 e. The molecule has 1 fully saturated rings. The molecule has 1 aromatic heterocycles. The van der Waals surface area contributed by atoms with E-state index >= 15 is 0 Å². The Kier molecular flexibility index (Phi) is 5.71. The molecule has 1 saturated heterocycles. The van der Waals surface area contributed by atoms with Crippen LogP contribution in [-0.4, -0.2) is 52.1 Å². The van der Waals surface area contributed by atoms with E-state index in [4.69, 9.17) is 4.42 Å². The predicted molar refractivity (Wildman–Crippen MR) is 100 cm³/mol. The standard InChI is InChI=1S/C20H28N4O2/c1-5-18-21-22-19(26-18)15(4)23-10-12-24(13-11-23)20(25)17-8-6-16(7-9-17)14(2)3/h6-9,14-15H,5,10-13H2,1-4H3. The number of carbonyl (C=O) groups excluding carboxylic acids is 1. The molecule has 6 nitrogen and oxygen atoms in total. The van der Waals surface area contributed by atoms with E-state index in [9.17, 15) is 4.79 Å². The van der Waals surface area contributed by atoms with Crippen LogP contribution in [0.25, 0.3) is 0 Å². The van der Waals surface area contributed by atoms with Crippen LogP contribution in [-0.2, 0) is 6.42 Å². The zero-order valence-electron chi connectivity index (χ0n) is 16.1. The summed E-state index contributed by atoms with van der Waals surface area (Å²) in [5.74, 6) is 1.91. The number of aryl methyl sites for hydroxylation is 1. The maximum Gasteiger partial charge on any atom is 0.253 e. The third-order valence-corrected chi connectivity index (χ3v) is 5.12. The van der Waals surface area contributed by atoms with Gasteiger partial charge in [-0.25, -0.2) is 0 Å². The zero-order chi connectivity index (χ0) is 18.7. The van der Waals surface area contributed by atoms with Gasteiger partial charge in [-0.05, 0) is 30.5 Å². The summed E-state index contributed by atoms with van der Waals surface area (Å²) in [7, 11) is 0. The highest BCUT2D eigenvalue weighted by Gasteiger charge is 2.27. The first kappa shape index (κ1) is 18.6. The van der Waals surface area contributed by atoms with Crippen molar-refractivity contribution in [1.82, 2.24) is 20.0 Å². The third kappa shape index (κ3) is 3.96. The van der Waals surface area contributed by atoms with Gasteiger partial charge in [0.05, 0.1) is 6.04 Å². The molecule has 3 rings (SSSR count). The van der Waals surface area contributed by atoms with Crippen molar-refractivity contribution in [3.63, 3.8) is 0 Å². The van der Waals surface area contributed by atoms with Gasteiger partial charge in [-0.3, -0.25) is 9.69 Å². The van der Waals surface area contributed by atoms with Crippen molar-refractivity contribution < 1.29 is 9.21 Å². The molecule has 0 bridgehead atoms. The Bertz CT molecular complexity index is 731. The maximum atomic E-state index is 12.7. The Morgan fingerprint density at radius 2 is 1.73 bits per heavy atom. The van der Waals surface area contributed by atoms with E-state index in [0.717, 1.165) is 25.1 Å². The number of hydrogen-bond acceptors (Lipinski definition) is 5. The fraction of sp³-hybridized carbons (Fsp3) is 0.550. The lowest BCUT2D eigenvalue weighted by molar-refractivity contribution is 0.0557. The van der Waals surface area contributed by atoms with Gasteiger partial charge in [0, 0.05) is 38.2 Å². The molecule has 2 heterocycles. The van der Waals surface area contributed by atoms with Crippen molar-refractivity contribution in [3.8, 4) is 0 Å². The Morgan fingerprint density at radius 3 is 2.27 bits per heavy atom. The first-order valence-corrected chi connectivity index (χ1v) is 9.45. The molecular weight excluding hydrogens is 328 g/mol. The van der Waals surface area contributed by atoms with Gasteiger partial charge >= 0.3 is 0 Å². The van der Waals surface area contributed by atoms with Gasteiger partial charge < -0.3 is 9.32 Å². The lowest BCUT2D eigenvalue weighted by atomic mass is 10.0. The number of amides is 1. The van der Waals surface area contributed by atoms with Crippen LogP contribution in [0.5, 0.6) is 0 Å². The van der Waals surface area contributed by atoms with Crippen LogP contribution >= 0.6 is 0 Å². The predicted octanol–water partition coefficient (Wildman–Crippen LogP) is 3.27. The summed E-state index contributed by atoms with van der Waals surface area (Å²) in [4.78, 5) is 17.0. The van der Waals surface area contributed by atoms with Crippen molar-refractivity contribution in [2.24, 2.45) is 0 Å². The van der Waals surface area contributed by atoms with Crippen molar-refractivity contribution in [1.29, 1.82) is 0 Å². The summed E-state index contributed by atoms with van der Waals surface area (Å²) >= 11 is 0. The minimum absolute atomic E-state index is 0.0744. The molecule has 1 aliphatic heterocycles. The quantitative estimate of drug-likeness (QED) is 0.823. The van der Waals surface area contributed by atoms with Crippen LogP contribution in [0, 0.1) is 0 Å². The molecule has 0 spiro atoms. The number of rotatable bonds is 5. The van der Waals surface area contributed by atoms with Crippen molar-refractivity contribution in [2.75, 3.05) is 26.2 Å². The fourth-order valence-electron chi connectivity index (χ4n) is 3.24. The minimum atomic E-state index is 0.0744. The first-order valence-electron chi connectivity index (χ1n) is 9.45. The number of aromatic nitrogens is 2. The lowest BCUT2D eigenvalue weighted by Crippen LogP contribution is -2.49. The second-order valence-electron chi connectivity index (χ2n) is 7.17. The van der Waals surface area contributed by atoms with Gasteiger partial charge in [-0.15, -0.1) is 10.2 Å². The number of benzene rings is 1. The normalized spacial score (nSPS) is 16.9. The summed E-state index contributed by atoms with van der Waals surface area (Å²) in [6, 6.07) is 8.06. The van der Waals surface area contributed by atoms with E-state index < -0.39 is 0 Å². The highest BCUT2D eigenvalue weighted by Crippen LogP contribution is 2.22. The van der Waals surface area contributed by atoms with Crippen LogP contribution in [0.1, 0.15) is 67.4 Å². The van der Waals surface area contributed by atoms with Crippen LogP contribution in [0.15, 0.2) is 28.7 Å². The molecule has 6 heteroatoms. The highest BCUT2D eigenvalue weighted by molar-refractivity contribution is 5.94. The average Bonchev–Trinajstić information content (AvgIpc) is 3.16. The first-order chi connectivity index (χ1) is 12.5. The Balaban J connectivity index is 1.58. The minimum Gasteiger partial charge on any atom is -0.424 e. The highest BCUT2D eigenvalue weighted by atomic mass is 16.4. The van der Waals surface area contributed by atoms with E-state index in [0.29, 0.717) is 30.8 Å². The van der Waals surface area contributed by atoms with E-state index in [1.54, 1.807) is 0 Å². The second kappa shape index (κ2) is 7.99. The second-order valence-corrected chi connectivity index (χ2v) is 7.17. The Labute approximate surface area is 155 Å². The number of piperazine rings is 1. The van der Waals surface area contributed by atoms with Crippen LogP contribution in [0.3, 0.4) is 0 Å². The van der Waals surface area contributed by atoms with E-state index in [-0.39, 0.29) is 11.9 Å². The fourth-order valence-corrected chi connectivity index (χ4v) is 3.24. The number of hydrogen-bond donors (Lipinski definition) is 0. The van der Waals surface area contributed by atoms with Gasteiger partial charge in [-0.1, -0.05) is 32.9 Å². The molecule has 1 aliphatic rings. The van der Waals surface area contributed by atoms with Crippen molar-refractivity contribution in [3.05, 3.63) is 47.2 Å². The van der Waals surface area contributed by atoms with Gasteiger partial charge in [0.1, 0.15) is 0 Å². The number of carbonyl (C=O) groups is 1. The average molecular weight is 356 g/mol. The summed E-state index contributed by atoms with van der Waals surface area (Å²) in [6.45, 7) is 11.4. The Hall–Kier alpha value is -2.21. The van der Waals surface area contributed by atoms with E-state index in [2.05, 4.69) is 48.0 Å². The lowest BCUT2D eigenvalue weighted by Gasteiger charge is -2.36. The molecule has 140 valence electrons. The van der Waals surface area contributed by atoms with Crippen molar-refractivity contribution >= 4 is 5.91 Å². The van der Waals surface area contributed by atoms with Crippen LogP contribution in [0.4, 0.5) is 0 Å². The summed E-state index contributed by atoms with van der Waals surface area (Å²) in [6.07, 6.45) is 0.748. The molecule has 1 aromatic carbocycles. The Morgan fingerprint density at radius 1 is 1.08 bits per heavy atom. The van der Waals surface area contributed by atoms with Gasteiger partial charge in [0.25, 0.3) is 5.91 Å². The zero-order valence-corrected chi connectivity index (χ0v) is 16.1. The molecule has 1 amide bonds. The summed E-state index contributed by atoms with van der Waals surface area (Å²) in [5, 5.41) is 8.19. The van der Waals surface area contributed by atoms with Gasteiger partial charge in [0.2, 0.25) is 11.8 Å². The topological polar surface area (TPSA) is 62.5 Å². The molecule has 0 saturated carbocycles. The molecule has 2 aromatic rings. The molecule has 0 radical (unpaired) electrons. The third-order valence-electron chi connectivity index (χ3n) is 5.12. The molecule has 26 heavy (non-hydrogen) atoms. The molecular formula is C20H28N4O2.